The van der Waals surface area contributed by atoms with E-state index >= 15 is 0 Å². The Labute approximate surface area is 207 Å². The molecule has 2 N–H and O–H groups in total. The van der Waals surface area contributed by atoms with Crippen molar-refractivity contribution in [2.75, 3.05) is 26.9 Å². The van der Waals surface area contributed by atoms with Gasteiger partial charge in [0, 0.05) is 32.8 Å². The molecule has 9 heteroatoms. The first-order chi connectivity index (χ1) is 16.7. The molecule has 0 radical (unpaired) electrons. The molecule has 0 fully saturated rings. The summed E-state index contributed by atoms with van der Waals surface area (Å²) < 4.78 is 27.3. The highest BCUT2D eigenvalue weighted by atomic mass is 35.5. The molecule has 0 amide bonds. The number of aromatic carboxylic acids is 1. The summed E-state index contributed by atoms with van der Waals surface area (Å²) in [6.07, 6.45) is 1.95. The topological polar surface area (TPSA) is 98.0 Å². The van der Waals surface area contributed by atoms with E-state index in [1.807, 2.05) is 13.8 Å². The number of methoxy groups -OCH3 is 1. The minimum atomic E-state index is -1.38. The van der Waals surface area contributed by atoms with Gasteiger partial charge in [-0.15, -0.1) is 0 Å². The summed E-state index contributed by atoms with van der Waals surface area (Å²) in [4.78, 5) is 25.1. The molecule has 0 spiro atoms. The number of carbonyl (C=O) groups is 1. The SMILES string of the molecule is COCCCOc1cc(Cc2cccc(Cl)c2F)cc2c(=O)c(C(=O)O)cn([C@H](CO)C(C)C)c12. The maximum Gasteiger partial charge on any atom is 0.341 e. The van der Waals surface area contributed by atoms with Gasteiger partial charge in [0.2, 0.25) is 5.43 Å². The number of halogens is 2. The van der Waals surface area contributed by atoms with Crippen LogP contribution in [0.25, 0.3) is 10.9 Å². The molecule has 0 aliphatic heterocycles. The van der Waals surface area contributed by atoms with Gasteiger partial charge in [0.05, 0.1) is 35.2 Å². The number of aliphatic hydroxyl groups excluding tert-OH is 1. The predicted molar refractivity (Wildman–Crippen MR) is 132 cm³/mol. The molecule has 0 saturated heterocycles. The maximum atomic E-state index is 14.6. The molecule has 188 valence electrons. The van der Waals surface area contributed by atoms with Gasteiger partial charge in [-0.1, -0.05) is 37.6 Å². The highest BCUT2D eigenvalue weighted by molar-refractivity contribution is 6.30. The van der Waals surface area contributed by atoms with Gasteiger partial charge >= 0.3 is 5.97 Å². The minimum absolute atomic E-state index is 0.0161. The molecular formula is C26H29ClFNO6. The van der Waals surface area contributed by atoms with Gasteiger partial charge in [0.15, 0.2) is 0 Å². The van der Waals surface area contributed by atoms with E-state index in [0.29, 0.717) is 35.4 Å². The number of rotatable bonds is 11. The molecule has 0 aliphatic rings. The molecule has 0 aliphatic carbocycles. The van der Waals surface area contributed by atoms with Crippen LogP contribution in [0, 0.1) is 11.7 Å². The molecule has 2 aromatic carbocycles. The van der Waals surface area contributed by atoms with Crippen LogP contribution in [-0.2, 0) is 11.2 Å². The summed E-state index contributed by atoms with van der Waals surface area (Å²) in [6, 6.07) is 7.43. The van der Waals surface area contributed by atoms with Crippen LogP contribution in [0.2, 0.25) is 5.02 Å². The molecule has 1 heterocycles. The molecular weight excluding hydrogens is 477 g/mol. The van der Waals surface area contributed by atoms with Crippen LogP contribution in [0.5, 0.6) is 5.75 Å². The number of fused-ring (bicyclic) bond motifs is 1. The Kier molecular flexibility index (Phi) is 8.88. The summed E-state index contributed by atoms with van der Waals surface area (Å²) in [5, 5.41) is 19.9. The number of carboxylic acid groups (broad SMARTS) is 1. The number of aliphatic hydroxyl groups is 1. The Morgan fingerprint density at radius 2 is 1.97 bits per heavy atom. The fourth-order valence-electron chi connectivity index (χ4n) is 4.05. The van der Waals surface area contributed by atoms with Crippen molar-refractivity contribution in [1.82, 2.24) is 4.57 Å². The summed E-state index contributed by atoms with van der Waals surface area (Å²) in [5.74, 6) is -1.67. The first kappa shape index (κ1) is 26.7. The van der Waals surface area contributed by atoms with E-state index in [9.17, 15) is 24.2 Å². The monoisotopic (exact) mass is 505 g/mol. The number of pyridine rings is 1. The Morgan fingerprint density at radius 1 is 1.23 bits per heavy atom. The van der Waals surface area contributed by atoms with Crippen LogP contribution >= 0.6 is 11.6 Å². The second-order valence-electron chi connectivity index (χ2n) is 8.65. The van der Waals surface area contributed by atoms with E-state index in [1.165, 1.54) is 12.3 Å². The number of aromatic nitrogens is 1. The van der Waals surface area contributed by atoms with Crippen LogP contribution in [-0.4, -0.2) is 47.7 Å². The zero-order valence-electron chi connectivity index (χ0n) is 19.9. The van der Waals surface area contributed by atoms with Crippen molar-refractivity contribution >= 4 is 28.5 Å². The largest absolute Gasteiger partial charge is 0.491 e. The molecule has 3 rings (SSSR count). The van der Waals surface area contributed by atoms with Crippen molar-refractivity contribution in [3.05, 3.63) is 74.3 Å². The summed E-state index contributed by atoms with van der Waals surface area (Å²) in [7, 11) is 1.58. The highest BCUT2D eigenvalue weighted by Gasteiger charge is 2.24. The lowest BCUT2D eigenvalue weighted by atomic mass is 9.98. The summed E-state index contributed by atoms with van der Waals surface area (Å²) in [5.41, 5.74) is 0.150. The zero-order chi connectivity index (χ0) is 25.7. The van der Waals surface area contributed by atoms with Crippen LogP contribution in [0.15, 0.2) is 41.3 Å². The molecule has 7 nitrogen and oxygen atoms in total. The number of carboxylic acids is 1. The lowest BCUT2D eigenvalue weighted by Gasteiger charge is -2.26. The van der Waals surface area contributed by atoms with Crippen LogP contribution in [0.1, 0.15) is 47.8 Å². The molecule has 1 aromatic heterocycles. The smallest absolute Gasteiger partial charge is 0.341 e. The van der Waals surface area contributed by atoms with Crippen molar-refractivity contribution in [3.8, 4) is 5.75 Å². The summed E-state index contributed by atoms with van der Waals surface area (Å²) >= 11 is 5.93. The first-order valence-corrected chi connectivity index (χ1v) is 11.7. The van der Waals surface area contributed by atoms with Gasteiger partial charge in [-0.25, -0.2) is 9.18 Å². The number of hydrogen-bond donors (Lipinski definition) is 2. The van der Waals surface area contributed by atoms with Gasteiger partial charge in [-0.3, -0.25) is 4.79 Å². The fourth-order valence-corrected chi connectivity index (χ4v) is 4.24. The van der Waals surface area contributed by atoms with Gasteiger partial charge in [0.25, 0.3) is 0 Å². The van der Waals surface area contributed by atoms with Gasteiger partial charge < -0.3 is 24.3 Å². The second kappa shape index (κ2) is 11.7. The maximum absolute atomic E-state index is 14.6. The standard InChI is InChI=1S/C26H29ClFNO6/c1-15(2)21(14-30)29-13-19(26(32)33)25(31)18-11-16(10-17-6-4-7-20(27)23(17)28)12-22(24(18)29)35-9-5-8-34-3/h4,6-7,11-13,15,21,30H,5,8-10,14H2,1-3H3,(H,32,33)/t21-/m1/s1. The lowest BCUT2D eigenvalue weighted by molar-refractivity contribution is 0.0693. The molecule has 3 aromatic rings. The predicted octanol–water partition coefficient (Wildman–Crippen LogP) is 4.69. The van der Waals surface area contributed by atoms with Crippen molar-refractivity contribution < 1.29 is 28.9 Å². The number of benzene rings is 2. The third kappa shape index (κ3) is 5.83. The highest BCUT2D eigenvalue weighted by Crippen LogP contribution is 2.32. The third-order valence-corrected chi connectivity index (χ3v) is 6.16. The normalized spacial score (nSPS) is 12.3. The number of nitrogens with zero attached hydrogens (tertiary/aromatic N) is 1. The van der Waals surface area contributed by atoms with E-state index in [2.05, 4.69) is 0 Å². The fraction of sp³-hybridized carbons (Fsp3) is 0.385. The quantitative estimate of drug-likeness (QED) is 0.367. The van der Waals surface area contributed by atoms with E-state index in [-0.39, 0.29) is 36.0 Å². The Morgan fingerprint density at radius 3 is 2.60 bits per heavy atom. The van der Waals surface area contributed by atoms with Crippen molar-refractivity contribution in [2.24, 2.45) is 5.92 Å². The number of hydrogen-bond acceptors (Lipinski definition) is 5. The Bertz CT molecular complexity index is 1270. The molecule has 0 bridgehead atoms. The van der Waals surface area contributed by atoms with Crippen LogP contribution in [0.3, 0.4) is 0 Å². The zero-order valence-corrected chi connectivity index (χ0v) is 20.6. The average molecular weight is 506 g/mol. The number of ether oxygens (including phenoxy) is 2. The van der Waals surface area contributed by atoms with Crippen molar-refractivity contribution in [2.45, 2.75) is 32.7 Å². The van der Waals surface area contributed by atoms with E-state index in [1.54, 1.807) is 35.9 Å². The lowest BCUT2D eigenvalue weighted by Crippen LogP contribution is -2.26. The van der Waals surface area contributed by atoms with Crippen molar-refractivity contribution in [1.29, 1.82) is 0 Å². The van der Waals surface area contributed by atoms with Crippen molar-refractivity contribution in [3.63, 3.8) is 0 Å². The molecule has 35 heavy (non-hydrogen) atoms. The van der Waals surface area contributed by atoms with Crippen LogP contribution < -0.4 is 10.2 Å². The van der Waals surface area contributed by atoms with E-state index in [0.717, 1.165) is 0 Å². The van der Waals surface area contributed by atoms with Gasteiger partial charge in [-0.2, -0.15) is 0 Å². The molecule has 0 unspecified atom stereocenters. The van der Waals surface area contributed by atoms with E-state index in [4.69, 9.17) is 21.1 Å². The first-order valence-electron chi connectivity index (χ1n) is 11.3. The molecule has 1 atom stereocenters. The average Bonchev–Trinajstić information content (AvgIpc) is 2.81. The Balaban J connectivity index is 2.29. The van der Waals surface area contributed by atoms with Gasteiger partial charge in [0.1, 0.15) is 17.1 Å². The second-order valence-corrected chi connectivity index (χ2v) is 9.06. The third-order valence-electron chi connectivity index (χ3n) is 5.87. The van der Waals surface area contributed by atoms with Gasteiger partial charge in [-0.05, 0) is 35.2 Å². The van der Waals surface area contributed by atoms with Crippen LogP contribution in [0.4, 0.5) is 4.39 Å². The minimum Gasteiger partial charge on any atom is -0.491 e. The molecule has 0 saturated carbocycles. The van der Waals surface area contributed by atoms with E-state index < -0.39 is 28.8 Å². The summed E-state index contributed by atoms with van der Waals surface area (Å²) in [6.45, 7) is 4.25. The Hall–Kier alpha value is -2.94.